The van der Waals surface area contributed by atoms with Gasteiger partial charge in [-0.3, -0.25) is 0 Å². The minimum atomic E-state index is 0.228. The van der Waals surface area contributed by atoms with Crippen LogP contribution in [0.3, 0.4) is 0 Å². The van der Waals surface area contributed by atoms with Crippen molar-refractivity contribution in [1.82, 2.24) is 4.98 Å². The Labute approximate surface area is 92.2 Å². The maximum atomic E-state index is 5.62. The number of halogens is 1. The summed E-state index contributed by atoms with van der Waals surface area (Å²) in [6.45, 7) is 2.22. The van der Waals surface area contributed by atoms with Gasteiger partial charge in [-0.2, -0.15) is 0 Å². The molecule has 0 atom stereocenters. The van der Waals surface area contributed by atoms with Crippen molar-refractivity contribution < 1.29 is 0 Å². The van der Waals surface area contributed by atoms with Crippen LogP contribution in [0.15, 0.2) is 16.7 Å². The van der Waals surface area contributed by atoms with Gasteiger partial charge in [0.15, 0.2) is 0 Å². The third-order valence-electron chi connectivity index (χ3n) is 2.74. The molecule has 3 nitrogen and oxygen atoms in total. The maximum absolute atomic E-state index is 5.62. The normalized spacial score (nSPS) is 18.7. The average molecular weight is 256 g/mol. The summed E-state index contributed by atoms with van der Waals surface area (Å²) in [6.07, 6.45) is 5.40. The number of nitrogen functional groups attached to an aromatic ring is 1. The predicted molar refractivity (Wildman–Crippen MR) is 62.2 cm³/mol. The van der Waals surface area contributed by atoms with E-state index in [2.05, 4.69) is 33.2 Å². The van der Waals surface area contributed by atoms with Crippen molar-refractivity contribution in [3.05, 3.63) is 16.7 Å². The van der Waals surface area contributed by atoms with E-state index in [1.165, 1.54) is 19.3 Å². The molecular weight excluding hydrogens is 242 g/mol. The summed E-state index contributed by atoms with van der Waals surface area (Å²) in [4.78, 5) is 4.26. The van der Waals surface area contributed by atoms with Crippen LogP contribution in [-0.2, 0) is 0 Å². The van der Waals surface area contributed by atoms with E-state index in [9.17, 15) is 0 Å². The van der Waals surface area contributed by atoms with Gasteiger partial charge in [0.05, 0.1) is 16.4 Å². The van der Waals surface area contributed by atoms with Gasteiger partial charge in [0.25, 0.3) is 0 Å². The highest BCUT2D eigenvalue weighted by atomic mass is 79.9. The van der Waals surface area contributed by atoms with Gasteiger partial charge in [-0.1, -0.05) is 0 Å². The van der Waals surface area contributed by atoms with Crippen molar-refractivity contribution in [3.63, 3.8) is 0 Å². The standard InChI is InChI=1S/C10H14BrN3/c1-10(3-2-4-10)14-9-8(11)5-7(12)6-13-9/h5-6H,2-4,12H2,1H3,(H,13,14). The molecule has 2 rings (SSSR count). The Bertz CT molecular complexity index is 347. The van der Waals surface area contributed by atoms with Gasteiger partial charge in [-0.25, -0.2) is 4.98 Å². The zero-order valence-corrected chi connectivity index (χ0v) is 9.76. The second-order valence-corrected chi connectivity index (χ2v) is 4.99. The first-order valence-corrected chi connectivity index (χ1v) is 5.58. The summed E-state index contributed by atoms with van der Waals surface area (Å²) in [6, 6.07) is 1.87. The smallest absolute Gasteiger partial charge is 0.140 e. The van der Waals surface area contributed by atoms with Gasteiger partial charge in [0.1, 0.15) is 5.82 Å². The molecule has 76 valence electrons. The van der Waals surface area contributed by atoms with Crippen LogP contribution < -0.4 is 11.1 Å². The van der Waals surface area contributed by atoms with E-state index < -0.39 is 0 Å². The number of aromatic nitrogens is 1. The first-order chi connectivity index (χ1) is 6.59. The second kappa shape index (κ2) is 3.42. The molecule has 0 spiro atoms. The highest BCUT2D eigenvalue weighted by Crippen LogP contribution is 2.36. The van der Waals surface area contributed by atoms with Crippen LogP contribution in [0.2, 0.25) is 0 Å². The van der Waals surface area contributed by atoms with Crippen molar-refractivity contribution in [2.75, 3.05) is 11.1 Å². The Morgan fingerprint density at radius 1 is 1.57 bits per heavy atom. The van der Waals surface area contributed by atoms with Crippen LogP contribution in [0.25, 0.3) is 0 Å². The van der Waals surface area contributed by atoms with Gasteiger partial charge in [-0.15, -0.1) is 0 Å². The largest absolute Gasteiger partial charge is 0.397 e. The summed E-state index contributed by atoms with van der Waals surface area (Å²) >= 11 is 3.45. The molecule has 1 heterocycles. The van der Waals surface area contributed by atoms with Crippen LogP contribution in [0.5, 0.6) is 0 Å². The minimum absolute atomic E-state index is 0.228. The molecular formula is C10H14BrN3. The van der Waals surface area contributed by atoms with Gasteiger partial charge < -0.3 is 11.1 Å². The van der Waals surface area contributed by atoms with Crippen LogP contribution in [0.1, 0.15) is 26.2 Å². The van der Waals surface area contributed by atoms with Crippen LogP contribution in [0.4, 0.5) is 11.5 Å². The molecule has 0 bridgehead atoms. The van der Waals surface area contributed by atoms with Gasteiger partial charge in [0, 0.05) is 5.54 Å². The molecule has 14 heavy (non-hydrogen) atoms. The van der Waals surface area contributed by atoms with E-state index >= 15 is 0 Å². The summed E-state index contributed by atoms with van der Waals surface area (Å²) in [5, 5.41) is 3.44. The molecule has 1 aliphatic carbocycles. The molecule has 1 saturated carbocycles. The molecule has 1 fully saturated rings. The monoisotopic (exact) mass is 255 g/mol. The molecule has 0 saturated heterocycles. The lowest BCUT2D eigenvalue weighted by molar-refractivity contribution is 0.305. The molecule has 0 unspecified atom stereocenters. The van der Waals surface area contributed by atoms with E-state index in [1.807, 2.05) is 6.07 Å². The summed E-state index contributed by atoms with van der Waals surface area (Å²) in [5.41, 5.74) is 6.53. The number of nitrogens with two attached hydrogens (primary N) is 1. The number of hydrogen-bond donors (Lipinski definition) is 2. The third kappa shape index (κ3) is 1.85. The Morgan fingerprint density at radius 2 is 2.29 bits per heavy atom. The summed E-state index contributed by atoms with van der Waals surface area (Å²) in [5.74, 6) is 0.890. The van der Waals surface area contributed by atoms with E-state index in [0.717, 1.165) is 10.3 Å². The average Bonchev–Trinajstić information content (AvgIpc) is 2.07. The quantitative estimate of drug-likeness (QED) is 0.855. The van der Waals surface area contributed by atoms with E-state index in [4.69, 9.17) is 5.73 Å². The Hall–Kier alpha value is -0.770. The van der Waals surface area contributed by atoms with E-state index in [-0.39, 0.29) is 5.54 Å². The van der Waals surface area contributed by atoms with Crippen LogP contribution >= 0.6 is 15.9 Å². The summed E-state index contributed by atoms with van der Waals surface area (Å²) in [7, 11) is 0. The third-order valence-corrected chi connectivity index (χ3v) is 3.34. The second-order valence-electron chi connectivity index (χ2n) is 4.14. The zero-order valence-electron chi connectivity index (χ0n) is 8.18. The molecule has 0 amide bonds. The number of nitrogens with one attached hydrogen (secondary N) is 1. The fourth-order valence-corrected chi connectivity index (χ4v) is 2.13. The molecule has 1 aromatic heterocycles. The molecule has 0 aliphatic heterocycles. The minimum Gasteiger partial charge on any atom is -0.397 e. The highest BCUT2D eigenvalue weighted by Gasteiger charge is 2.32. The first kappa shape index (κ1) is 9.77. The number of rotatable bonds is 2. The molecule has 3 N–H and O–H groups in total. The van der Waals surface area contributed by atoms with Gasteiger partial charge in [0.2, 0.25) is 0 Å². The fourth-order valence-electron chi connectivity index (χ4n) is 1.66. The van der Waals surface area contributed by atoms with Crippen molar-refractivity contribution >= 4 is 27.4 Å². The summed E-state index contributed by atoms with van der Waals surface area (Å²) < 4.78 is 0.936. The zero-order chi connectivity index (χ0) is 10.2. The van der Waals surface area contributed by atoms with E-state index in [1.54, 1.807) is 6.20 Å². The van der Waals surface area contributed by atoms with Crippen molar-refractivity contribution in [1.29, 1.82) is 0 Å². The number of nitrogens with zero attached hydrogens (tertiary/aromatic N) is 1. The lowest BCUT2D eigenvalue weighted by Gasteiger charge is -2.39. The molecule has 4 heteroatoms. The van der Waals surface area contributed by atoms with Crippen LogP contribution in [0, 0.1) is 0 Å². The van der Waals surface area contributed by atoms with Crippen LogP contribution in [-0.4, -0.2) is 10.5 Å². The molecule has 1 aromatic rings. The number of pyridine rings is 1. The highest BCUT2D eigenvalue weighted by molar-refractivity contribution is 9.10. The Morgan fingerprint density at radius 3 is 2.79 bits per heavy atom. The van der Waals surface area contributed by atoms with Crippen molar-refractivity contribution in [3.8, 4) is 0 Å². The lowest BCUT2D eigenvalue weighted by atomic mass is 9.78. The number of anilines is 2. The molecule has 1 aliphatic rings. The molecule has 0 radical (unpaired) electrons. The van der Waals surface area contributed by atoms with Gasteiger partial charge in [-0.05, 0) is 48.2 Å². The maximum Gasteiger partial charge on any atom is 0.140 e. The lowest BCUT2D eigenvalue weighted by Crippen LogP contribution is -2.42. The predicted octanol–water partition coefficient (Wildman–Crippen LogP) is 2.78. The molecule has 0 aromatic carbocycles. The van der Waals surface area contributed by atoms with Crippen molar-refractivity contribution in [2.24, 2.45) is 0 Å². The first-order valence-electron chi connectivity index (χ1n) is 4.78. The Balaban J connectivity index is 2.16. The SMILES string of the molecule is CC1(Nc2ncc(N)cc2Br)CCC1. The topological polar surface area (TPSA) is 50.9 Å². The Kier molecular flexibility index (Phi) is 2.39. The van der Waals surface area contributed by atoms with Crippen molar-refractivity contribution in [2.45, 2.75) is 31.7 Å². The number of hydrogen-bond acceptors (Lipinski definition) is 3. The van der Waals surface area contributed by atoms with E-state index in [0.29, 0.717) is 5.69 Å². The fraction of sp³-hybridized carbons (Fsp3) is 0.500. The van der Waals surface area contributed by atoms with Gasteiger partial charge >= 0.3 is 0 Å².